The zero-order valence-electron chi connectivity index (χ0n) is 17.2. The topological polar surface area (TPSA) is 103 Å². The van der Waals surface area contributed by atoms with Gasteiger partial charge in [-0.15, -0.1) is 0 Å². The fraction of sp³-hybridized carbons (Fsp3) is 0.429. The molecule has 1 aromatic carbocycles. The van der Waals surface area contributed by atoms with Gasteiger partial charge in [-0.1, -0.05) is 12.1 Å². The summed E-state index contributed by atoms with van der Waals surface area (Å²) in [6, 6.07) is 8.35. The smallest absolute Gasteiger partial charge is 0.292 e. The molecule has 2 aliphatic heterocycles. The molecule has 0 bridgehead atoms. The van der Waals surface area contributed by atoms with Gasteiger partial charge < -0.3 is 19.1 Å². The summed E-state index contributed by atoms with van der Waals surface area (Å²) in [5, 5.41) is 11.3. The Kier molecular flexibility index (Phi) is 6.17. The van der Waals surface area contributed by atoms with Crippen LogP contribution in [0.2, 0.25) is 0 Å². The summed E-state index contributed by atoms with van der Waals surface area (Å²) in [6.45, 7) is 4.93. The van der Waals surface area contributed by atoms with E-state index in [2.05, 4.69) is 4.90 Å². The number of hydrogen-bond donors (Lipinski definition) is 0. The summed E-state index contributed by atoms with van der Waals surface area (Å²) in [6.07, 6.45) is 2.93. The number of hydrogen-bond acceptors (Lipinski definition) is 7. The maximum Gasteiger partial charge on any atom is 0.292 e. The third-order valence-corrected chi connectivity index (χ3v) is 5.84. The van der Waals surface area contributed by atoms with Crippen LogP contribution in [0.25, 0.3) is 0 Å². The molecule has 2 aromatic rings. The Balaban J connectivity index is 1.25. The van der Waals surface area contributed by atoms with E-state index in [-0.39, 0.29) is 22.4 Å². The molecule has 1 aromatic heterocycles. The predicted octanol–water partition coefficient (Wildman–Crippen LogP) is 1.29. The first-order valence-corrected chi connectivity index (χ1v) is 10.3. The number of amides is 2. The van der Waals surface area contributed by atoms with E-state index in [0.717, 1.165) is 0 Å². The van der Waals surface area contributed by atoms with Crippen molar-refractivity contribution in [2.45, 2.75) is 0 Å². The van der Waals surface area contributed by atoms with Crippen LogP contribution in [-0.2, 0) is 4.79 Å². The molecule has 0 aliphatic carbocycles. The first kappa shape index (κ1) is 20.9. The molecule has 10 nitrogen and oxygen atoms in total. The summed E-state index contributed by atoms with van der Waals surface area (Å²) >= 11 is 0. The van der Waals surface area contributed by atoms with E-state index >= 15 is 0 Å². The Bertz CT molecular complexity index is 931. The summed E-state index contributed by atoms with van der Waals surface area (Å²) in [5.74, 6) is 0.00248. The Morgan fingerprint density at radius 3 is 2.26 bits per heavy atom. The lowest BCUT2D eigenvalue weighted by Gasteiger charge is -2.38. The van der Waals surface area contributed by atoms with Gasteiger partial charge in [0.1, 0.15) is 12.0 Å². The standard InChI is InChI=1S/C21H25N5O5/c27-20(15-22-6-8-25(9-7-22)21(28)17-5-14-31-16-17)24-12-10-23(11-13-24)18-3-1-2-4-19(18)26(29)30/h1-5,14,16H,6-13,15H2. The average molecular weight is 427 g/mol. The van der Waals surface area contributed by atoms with E-state index in [4.69, 9.17) is 4.42 Å². The number of carbonyl (C=O) groups excluding carboxylic acids is 2. The summed E-state index contributed by atoms with van der Waals surface area (Å²) < 4.78 is 4.98. The SMILES string of the molecule is O=C(CN1CCN(C(=O)c2ccoc2)CC1)N1CCN(c2ccccc2[N+](=O)[O-])CC1. The number of para-hydroxylation sites is 2. The van der Waals surface area contributed by atoms with Crippen molar-refractivity contribution in [2.24, 2.45) is 0 Å². The average Bonchev–Trinajstić information content (AvgIpc) is 3.34. The minimum Gasteiger partial charge on any atom is -0.472 e. The number of nitro benzene ring substituents is 1. The highest BCUT2D eigenvalue weighted by atomic mass is 16.6. The van der Waals surface area contributed by atoms with Gasteiger partial charge in [-0.25, -0.2) is 0 Å². The lowest BCUT2D eigenvalue weighted by atomic mass is 10.2. The van der Waals surface area contributed by atoms with Crippen LogP contribution in [-0.4, -0.2) is 90.3 Å². The van der Waals surface area contributed by atoms with Gasteiger partial charge in [0.05, 0.1) is 23.3 Å². The number of benzene rings is 1. The van der Waals surface area contributed by atoms with E-state index in [0.29, 0.717) is 70.2 Å². The van der Waals surface area contributed by atoms with Gasteiger partial charge in [0.25, 0.3) is 11.6 Å². The van der Waals surface area contributed by atoms with Crippen molar-refractivity contribution in [3.05, 3.63) is 58.5 Å². The highest BCUT2D eigenvalue weighted by Gasteiger charge is 2.28. The second kappa shape index (κ2) is 9.17. The third kappa shape index (κ3) is 4.69. The minimum absolute atomic E-state index is 0.0501. The molecular weight excluding hydrogens is 402 g/mol. The van der Waals surface area contributed by atoms with E-state index in [9.17, 15) is 19.7 Å². The fourth-order valence-electron chi connectivity index (χ4n) is 4.05. The van der Waals surface area contributed by atoms with Gasteiger partial charge in [0.15, 0.2) is 0 Å². The molecule has 164 valence electrons. The van der Waals surface area contributed by atoms with Crippen molar-refractivity contribution in [2.75, 3.05) is 63.8 Å². The van der Waals surface area contributed by atoms with Crippen LogP contribution in [0.5, 0.6) is 0 Å². The Morgan fingerprint density at radius 1 is 0.935 bits per heavy atom. The third-order valence-electron chi connectivity index (χ3n) is 5.84. The minimum atomic E-state index is -0.371. The quantitative estimate of drug-likeness (QED) is 0.523. The molecular formula is C21H25N5O5. The zero-order valence-corrected chi connectivity index (χ0v) is 17.2. The second-order valence-corrected chi connectivity index (χ2v) is 7.69. The molecule has 4 rings (SSSR count). The van der Waals surface area contributed by atoms with Gasteiger partial charge in [0, 0.05) is 58.4 Å². The Labute approximate surface area is 179 Å². The summed E-state index contributed by atoms with van der Waals surface area (Å²) in [5.41, 5.74) is 1.23. The van der Waals surface area contributed by atoms with Crippen LogP contribution in [0, 0.1) is 10.1 Å². The number of rotatable bonds is 5. The molecule has 0 unspecified atom stereocenters. The molecule has 0 atom stereocenters. The molecule has 2 amide bonds. The summed E-state index contributed by atoms with van der Waals surface area (Å²) in [4.78, 5) is 43.6. The van der Waals surface area contributed by atoms with Crippen molar-refractivity contribution in [3.63, 3.8) is 0 Å². The maximum absolute atomic E-state index is 12.8. The normalized spacial score (nSPS) is 17.6. The van der Waals surface area contributed by atoms with Gasteiger partial charge in [-0.05, 0) is 12.1 Å². The van der Waals surface area contributed by atoms with E-state index in [1.54, 1.807) is 29.2 Å². The molecule has 2 fully saturated rings. The molecule has 0 N–H and O–H groups in total. The van der Waals surface area contributed by atoms with Crippen molar-refractivity contribution < 1.29 is 18.9 Å². The first-order chi connectivity index (χ1) is 15.0. The number of nitrogens with zero attached hydrogens (tertiary/aromatic N) is 5. The second-order valence-electron chi connectivity index (χ2n) is 7.69. The molecule has 0 spiro atoms. The maximum atomic E-state index is 12.8. The Hall–Kier alpha value is -3.40. The molecule has 31 heavy (non-hydrogen) atoms. The van der Waals surface area contributed by atoms with E-state index in [1.165, 1.54) is 18.6 Å². The van der Waals surface area contributed by atoms with E-state index < -0.39 is 0 Å². The van der Waals surface area contributed by atoms with Crippen LogP contribution in [0.4, 0.5) is 11.4 Å². The highest BCUT2D eigenvalue weighted by Crippen LogP contribution is 2.28. The molecule has 0 radical (unpaired) electrons. The van der Waals surface area contributed by atoms with Gasteiger partial charge >= 0.3 is 0 Å². The number of piperazine rings is 2. The van der Waals surface area contributed by atoms with Crippen molar-refractivity contribution in [1.29, 1.82) is 0 Å². The van der Waals surface area contributed by atoms with Crippen LogP contribution in [0.3, 0.4) is 0 Å². The van der Waals surface area contributed by atoms with Crippen LogP contribution in [0.1, 0.15) is 10.4 Å². The lowest BCUT2D eigenvalue weighted by molar-refractivity contribution is -0.384. The van der Waals surface area contributed by atoms with Gasteiger partial charge in [-0.3, -0.25) is 24.6 Å². The van der Waals surface area contributed by atoms with Crippen LogP contribution < -0.4 is 4.90 Å². The Morgan fingerprint density at radius 2 is 1.61 bits per heavy atom. The van der Waals surface area contributed by atoms with E-state index in [1.807, 2.05) is 9.80 Å². The van der Waals surface area contributed by atoms with Gasteiger partial charge in [0.2, 0.25) is 5.91 Å². The van der Waals surface area contributed by atoms with Crippen LogP contribution in [0.15, 0.2) is 47.3 Å². The fourth-order valence-corrected chi connectivity index (χ4v) is 4.05. The van der Waals surface area contributed by atoms with Crippen molar-refractivity contribution in [1.82, 2.24) is 14.7 Å². The number of carbonyl (C=O) groups is 2. The molecule has 10 heteroatoms. The van der Waals surface area contributed by atoms with Gasteiger partial charge in [-0.2, -0.15) is 0 Å². The lowest BCUT2D eigenvalue weighted by Crippen LogP contribution is -2.54. The summed E-state index contributed by atoms with van der Waals surface area (Å²) in [7, 11) is 0. The first-order valence-electron chi connectivity index (χ1n) is 10.3. The van der Waals surface area contributed by atoms with Crippen LogP contribution >= 0.6 is 0 Å². The molecule has 2 aliphatic rings. The number of anilines is 1. The zero-order chi connectivity index (χ0) is 21.8. The monoisotopic (exact) mass is 427 g/mol. The molecule has 3 heterocycles. The van der Waals surface area contributed by atoms with Crippen molar-refractivity contribution in [3.8, 4) is 0 Å². The predicted molar refractivity (Wildman–Crippen MR) is 113 cm³/mol. The van der Waals surface area contributed by atoms with Crippen molar-refractivity contribution >= 4 is 23.2 Å². The molecule has 0 saturated carbocycles. The number of furan rings is 1. The largest absolute Gasteiger partial charge is 0.472 e. The molecule has 2 saturated heterocycles. The highest BCUT2D eigenvalue weighted by molar-refractivity contribution is 5.93. The number of nitro groups is 1.